The van der Waals surface area contributed by atoms with E-state index < -0.39 is 29.1 Å². The molecule has 8 nitrogen and oxygen atoms in total. The summed E-state index contributed by atoms with van der Waals surface area (Å²) in [5.41, 5.74) is 1.29. The van der Waals surface area contributed by atoms with Crippen molar-refractivity contribution in [2.75, 3.05) is 6.61 Å². The summed E-state index contributed by atoms with van der Waals surface area (Å²) in [6.45, 7) is 2.58. The van der Waals surface area contributed by atoms with Crippen LogP contribution < -0.4 is 0 Å². The van der Waals surface area contributed by atoms with Gasteiger partial charge < -0.3 is 14.2 Å². The molecule has 0 saturated carbocycles. The van der Waals surface area contributed by atoms with E-state index in [1.165, 1.54) is 38.1 Å². The van der Waals surface area contributed by atoms with E-state index in [4.69, 9.17) is 14.2 Å². The zero-order valence-corrected chi connectivity index (χ0v) is 15.6. The smallest absolute Gasteiger partial charge is 0.303 e. The van der Waals surface area contributed by atoms with Gasteiger partial charge in [-0.3, -0.25) is 19.7 Å². The fourth-order valence-corrected chi connectivity index (χ4v) is 2.52. The maximum absolute atomic E-state index is 11.6. The van der Waals surface area contributed by atoms with Crippen molar-refractivity contribution in [2.24, 2.45) is 0 Å². The summed E-state index contributed by atoms with van der Waals surface area (Å²) < 4.78 is 16.4. The van der Waals surface area contributed by atoms with Crippen LogP contribution in [0.5, 0.6) is 0 Å². The number of nitro benzene ring substituents is 1. The van der Waals surface area contributed by atoms with E-state index in [2.05, 4.69) is 0 Å². The molecule has 0 radical (unpaired) electrons. The summed E-state index contributed by atoms with van der Waals surface area (Å²) in [5, 5.41) is 10.9. The van der Waals surface area contributed by atoms with Crippen LogP contribution in [0.4, 0.5) is 5.69 Å². The second kappa shape index (κ2) is 10.2. The summed E-state index contributed by atoms with van der Waals surface area (Å²) in [4.78, 5) is 33.2. The lowest BCUT2D eigenvalue weighted by molar-refractivity contribution is -0.384. The molecule has 0 aliphatic heterocycles. The van der Waals surface area contributed by atoms with E-state index in [1.54, 1.807) is 0 Å². The van der Waals surface area contributed by atoms with Crippen molar-refractivity contribution in [1.82, 2.24) is 0 Å². The number of carbonyl (C=O) groups is 2. The Balaban J connectivity index is 2.26. The Morgan fingerprint density at radius 3 is 2.18 bits per heavy atom. The third-order valence-electron chi connectivity index (χ3n) is 3.82. The third kappa shape index (κ3) is 6.48. The molecule has 2 rings (SSSR count). The number of esters is 2. The second-order valence-electron chi connectivity index (χ2n) is 6.02. The van der Waals surface area contributed by atoms with Gasteiger partial charge in [0.1, 0.15) is 12.7 Å². The van der Waals surface area contributed by atoms with Crippen molar-refractivity contribution >= 4 is 17.6 Å². The van der Waals surface area contributed by atoms with E-state index in [9.17, 15) is 19.7 Å². The number of ether oxygens (including phenoxy) is 3. The van der Waals surface area contributed by atoms with Crippen molar-refractivity contribution in [3.05, 3.63) is 75.8 Å². The van der Waals surface area contributed by atoms with Gasteiger partial charge in [-0.25, -0.2) is 0 Å². The van der Waals surface area contributed by atoms with Gasteiger partial charge in [-0.1, -0.05) is 30.3 Å². The molecule has 2 atom stereocenters. The molecule has 0 aliphatic carbocycles. The Hall–Kier alpha value is -3.26. The molecule has 148 valence electrons. The zero-order valence-electron chi connectivity index (χ0n) is 15.6. The topological polar surface area (TPSA) is 105 Å². The fourth-order valence-electron chi connectivity index (χ4n) is 2.52. The average molecular weight is 387 g/mol. The summed E-state index contributed by atoms with van der Waals surface area (Å²) in [7, 11) is 0. The minimum absolute atomic E-state index is 0.0907. The molecular formula is C20H21NO7. The number of benzene rings is 2. The first-order valence-electron chi connectivity index (χ1n) is 8.57. The van der Waals surface area contributed by atoms with Crippen LogP contribution in [0.3, 0.4) is 0 Å². The number of hydrogen-bond acceptors (Lipinski definition) is 7. The highest BCUT2D eigenvalue weighted by Gasteiger charge is 2.29. The van der Waals surface area contributed by atoms with Gasteiger partial charge in [0, 0.05) is 26.0 Å². The quantitative estimate of drug-likeness (QED) is 0.369. The van der Waals surface area contributed by atoms with E-state index in [0.29, 0.717) is 5.56 Å². The first-order valence-corrected chi connectivity index (χ1v) is 8.57. The van der Waals surface area contributed by atoms with Gasteiger partial charge in [0.2, 0.25) is 0 Å². The molecule has 28 heavy (non-hydrogen) atoms. The van der Waals surface area contributed by atoms with E-state index >= 15 is 0 Å². The van der Waals surface area contributed by atoms with E-state index in [-0.39, 0.29) is 18.9 Å². The molecule has 0 amide bonds. The van der Waals surface area contributed by atoms with Gasteiger partial charge in [-0.05, 0) is 23.3 Å². The van der Waals surface area contributed by atoms with Crippen LogP contribution in [0.25, 0.3) is 0 Å². The number of rotatable bonds is 9. The van der Waals surface area contributed by atoms with Gasteiger partial charge in [-0.15, -0.1) is 0 Å². The Morgan fingerprint density at radius 2 is 1.64 bits per heavy atom. The van der Waals surface area contributed by atoms with Gasteiger partial charge in [0.05, 0.1) is 11.5 Å². The van der Waals surface area contributed by atoms with Crippen LogP contribution in [0.15, 0.2) is 54.6 Å². The maximum Gasteiger partial charge on any atom is 0.303 e. The summed E-state index contributed by atoms with van der Waals surface area (Å²) >= 11 is 0. The van der Waals surface area contributed by atoms with E-state index in [1.807, 2.05) is 30.3 Å². The minimum Gasteiger partial charge on any atom is -0.463 e. The van der Waals surface area contributed by atoms with Gasteiger partial charge in [-0.2, -0.15) is 0 Å². The zero-order chi connectivity index (χ0) is 20.5. The predicted molar refractivity (Wildman–Crippen MR) is 99.3 cm³/mol. The minimum atomic E-state index is -0.902. The lowest BCUT2D eigenvalue weighted by atomic mass is 10.0. The summed E-state index contributed by atoms with van der Waals surface area (Å²) in [6.07, 6.45) is -1.70. The molecule has 0 aromatic heterocycles. The summed E-state index contributed by atoms with van der Waals surface area (Å²) in [6, 6.07) is 14.9. The lowest BCUT2D eigenvalue weighted by Crippen LogP contribution is -2.31. The van der Waals surface area contributed by atoms with Crippen LogP contribution in [-0.2, 0) is 30.4 Å². The Morgan fingerprint density at radius 1 is 1.00 bits per heavy atom. The van der Waals surface area contributed by atoms with Crippen molar-refractivity contribution in [3.8, 4) is 0 Å². The van der Waals surface area contributed by atoms with Gasteiger partial charge in [0.15, 0.2) is 6.10 Å². The van der Waals surface area contributed by atoms with Crippen molar-refractivity contribution in [2.45, 2.75) is 32.7 Å². The fraction of sp³-hybridized carbons (Fsp3) is 0.300. The summed E-state index contributed by atoms with van der Waals surface area (Å²) in [5.74, 6) is -1.06. The normalized spacial score (nSPS) is 12.6. The number of hydrogen-bond donors (Lipinski definition) is 0. The van der Waals surface area contributed by atoms with Crippen LogP contribution in [-0.4, -0.2) is 29.6 Å². The molecule has 0 unspecified atom stereocenters. The lowest BCUT2D eigenvalue weighted by Gasteiger charge is -2.27. The number of nitro groups is 1. The predicted octanol–water partition coefficient (Wildman–Crippen LogP) is 3.35. The largest absolute Gasteiger partial charge is 0.463 e. The monoisotopic (exact) mass is 387 g/mol. The molecule has 0 N–H and O–H groups in total. The Kier molecular flexibility index (Phi) is 7.65. The van der Waals surface area contributed by atoms with Gasteiger partial charge in [0.25, 0.3) is 5.69 Å². The Bertz CT molecular complexity index is 805. The van der Waals surface area contributed by atoms with Crippen molar-refractivity contribution in [1.29, 1.82) is 0 Å². The molecule has 0 saturated heterocycles. The molecule has 2 aromatic carbocycles. The van der Waals surface area contributed by atoms with Crippen molar-refractivity contribution in [3.63, 3.8) is 0 Å². The van der Waals surface area contributed by atoms with Crippen LogP contribution in [0.1, 0.15) is 31.1 Å². The standard InChI is InChI=1S/C20H21NO7/c1-14(22)26-13-19(27-12-16-6-4-3-5-7-16)20(28-15(2)23)17-8-10-18(11-9-17)21(24)25/h3-11,19-20H,12-13H2,1-2H3/t19-,20-/m0/s1. The highest BCUT2D eigenvalue weighted by Crippen LogP contribution is 2.27. The molecule has 2 aromatic rings. The second-order valence-corrected chi connectivity index (χ2v) is 6.02. The molecule has 0 spiro atoms. The van der Waals surface area contributed by atoms with Crippen LogP contribution >= 0.6 is 0 Å². The molecule has 0 aliphatic rings. The van der Waals surface area contributed by atoms with E-state index in [0.717, 1.165) is 5.56 Å². The maximum atomic E-state index is 11.6. The Labute approximate surface area is 162 Å². The number of nitrogens with zero attached hydrogens (tertiary/aromatic N) is 1. The molecule has 0 bridgehead atoms. The van der Waals surface area contributed by atoms with Crippen molar-refractivity contribution < 1.29 is 28.7 Å². The molecule has 0 fully saturated rings. The molecular weight excluding hydrogens is 366 g/mol. The first-order chi connectivity index (χ1) is 13.4. The third-order valence-corrected chi connectivity index (χ3v) is 3.82. The highest BCUT2D eigenvalue weighted by atomic mass is 16.6. The number of non-ortho nitro benzene ring substituents is 1. The SMILES string of the molecule is CC(=O)OC[C@H](OCc1ccccc1)[C@@H](OC(C)=O)c1ccc([N+](=O)[O-])cc1. The van der Waals surface area contributed by atoms with Crippen LogP contribution in [0, 0.1) is 10.1 Å². The molecule has 8 heteroatoms. The highest BCUT2D eigenvalue weighted by molar-refractivity contribution is 5.67. The van der Waals surface area contributed by atoms with Gasteiger partial charge >= 0.3 is 11.9 Å². The number of carbonyl (C=O) groups excluding carboxylic acids is 2. The van der Waals surface area contributed by atoms with Crippen LogP contribution in [0.2, 0.25) is 0 Å². The first kappa shape index (κ1) is 21.0. The average Bonchev–Trinajstić information content (AvgIpc) is 2.67. The molecule has 0 heterocycles.